The Labute approximate surface area is 113 Å². The molecule has 0 aromatic heterocycles. The molecule has 0 aromatic carbocycles. The molecule has 0 amide bonds. The summed E-state index contributed by atoms with van der Waals surface area (Å²) in [7, 11) is 0. The van der Waals surface area contributed by atoms with Crippen LogP contribution in [0.15, 0.2) is 0 Å². The highest BCUT2D eigenvalue weighted by Crippen LogP contribution is 2.26. The Kier molecular flexibility index (Phi) is 5.05. The largest absolute Gasteiger partial charge is 0.310 e. The highest BCUT2D eigenvalue weighted by atomic mass is 15.3. The standard InChI is InChI=1S/C15H31N3/c1-4-7-15(8-6-9-16-15)13-17-10-11-18(5-2)14(3)12-17/h14,16H,4-13H2,1-3H3. The molecule has 0 aromatic rings. The zero-order valence-electron chi connectivity index (χ0n) is 12.5. The zero-order chi connectivity index (χ0) is 13.0. The predicted molar refractivity (Wildman–Crippen MR) is 78.0 cm³/mol. The topological polar surface area (TPSA) is 18.5 Å². The molecule has 2 unspecified atom stereocenters. The van der Waals surface area contributed by atoms with E-state index >= 15 is 0 Å². The first kappa shape index (κ1) is 14.3. The molecule has 3 heteroatoms. The van der Waals surface area contributed by atoms with Gasteiger partial charge >= 0.3 is 0 Å². The fourth-order valence-electron chi connectivity index (χ4n) is 3.89. The van der Waals surface area contributed by atoms with E-state index in [9.17, 15) is 0 Å². The maximum absolute atomic E-state index is 3.80. The molecule has 1 N–H and O–H groups in total. The minimum atomic E-state index is 0.433. The van der Waals surface area contributed by atoms with Gasteiger partial charge in [0.25, 0.3) is 0 Å². The fourth-order valence-corrected chi connectivity index (χ4v) is 3.89. The summed E-state index contributed by atoms with van der Waals surface area (Å²) in [5.41, 5.74) is 0.433. The summed E-state index contributed by atoms with van der Waals surface area (Å²) in [6, 6.07) is 0.726. The Morgan fingerprint density at radius 1 is 1.28 bits per heavy atom. The number of hydrogen-bond acceptors (Lipinski definition) is 3. The van der Waals surface area contributed by atoms with E-state index in [-0.39, 0.29) is 0 Å². The van der Waals surface area contributed by atoms with Crippen LogP contribution in [0.4, 0.5) is 0 Å². The van der Waals surface area contributed by atoms with Crippen molar-refractivity contribution in [1.29, 1.82) is 0 Å². The van der Waals surface area contributed by atoms with Crippen LogP contribution in [0, 0.1) is 0 Å². The molecule has 0 spiro atoms. The maximum atomic E-state index is 3.80. The van der Waals surface area contributed by atoms with Crippen LogP contribution >= 0.6 is 0 Å². The summed E-state index contributed by atoms with van der Waals surface area (Å²) in [5, 5.41) is 3.80. The van der Waals surface area contributed by atoms with Crippen molar-refractivity contribution in [3.05, 3.63) is 0 Å². The van der Waals surface area contributed by atoms with E-state index in [0.717, 1.165) is 6.04 Å². The van der Waals surface area contributed by atoms with Crippen LogP contribution in [0.25, 0.3) is 0 Å². The minimum absolute atomic E-state index is 0.433. The molecule has 2 rings (SSSR count). The smallest absolute Gasteiger partial charge is 0.0309 e. The first-order valence-electron chi connectivity index (χ1n) is 7.90. The second kappa shape index (κ2) is 6.36. The van der Waals surface area contributed by atoms with E-state index < -0.39 is 0 Å². The Bertz CT molecular complexity index is 248. The fraction of sp³-hybridized carbons (Fsp3) is 1.00. The Balaban J connectivity index is 1.88. The maximum Gasteiger partial charge on any atom is 0.0309 e. The molecule has 2 fully saturated rings. The summed E-state index contributed by atoms with van der Waals surface area (Å²) in [5.74, 6) is 0. The first-order chi connectivity index (χ1) is 8.69. The van der Waals surface area contributed by atoms with Gasteiger partial charge < -0.3 is 5.32 Å². The van der Waals surface area contributed by atoms with Crippen molar-refractivity contribution in [3.8, 4) is 0 Å². The molecule has 0 bridgehead atoms. The Morgan fingerprint density at radius 3 is 2.67 bits per heavy atom. The third-order valence-electron chi connectivity index (χ3n) is 4.84. The number of nitrogens with one attached hydrogen (secondary N) is 1. The van der Waals surface area contributed by atoms with Gasteiger partial charge in [0.15, 0.2) is 0 Å². The lowest BCUT2D eigenvalue weighted by atomic mass is 9.90. The molecule has 0 aliphatic carbocycles. The van der Waals surface area contributed by atoms with Gasteiger partial charge in [0.2, 0.25) is 0 Å². The van der Waals surface area contributed by atoms with Gasteiger partial charge in [-0.2, -0.15) is 0 Å². The van der Waals surface area contributed by atoms with Crippen molar-refractivity contribution in [2.45, 2.75) is 58.0 Å². The third kappa shape index (κ3) is 3.25. The Morgan fingerprint density at radius 2 is 2.11 bits per heavy atom. The number of rotatable bonds is 5. The van der Waals surface area contributed by atoms with Crippen LogP contribution in [-0.2, 0) is 0 Å². The number of likely N-dealkylation sites (N-methyl/N-ethyl adjacent to an activating group) is 1. The number of nitrogens with zero attached hydrogens (tertiary/aromatic N) is 2. The second-order valence-electron chi connectivity index (χ2n) is 6.27. The average molecular weight is 253 g/mol. The van der Waals surface area contributed by atoms with Gasteiger partial charge in [-0.15, -0.1) is 0 Å². The molecule has 0 saturated carbocycles. The van der Waals surface area contributed by atoms with E-state index in [1.54, 1.807) is 0 Å². The molecule has 2 saturated heterocycles. The average Bonchev–Trinajstić information content (AvgIpc) is 2.78. The van der Waals surface area contributed by atoms with Crippen molar-refractivity contribution in [1.82, 2.24) is 15.1 Å². The van der Waals surface area contributed by atoms with Crippen molar-refractivity contribution in [3.63, 3.8) is 0 Å². The normalized spacial score (nSPS) is 35.2. The monoisotopic (exact) mass is 253 g/mol. The van der Waals surface area contributed by atoms with E-state index in [2.05, 4.69) is 35.9 Å². The minimum Gasteiger partial charge on any atom is -0.310 e. The lowest BCUT2D eigenvalue weighted by Crippen LogP contribution is -2.57. The molecule has 106 valence electrons. The van der Waals surface area contributed by atoms with Crippen molar-refractivity contribution < 1.29 is 0 Å². The van der Waals surface area contributed by atoms with E-state index in [1.807, 2.05) is 0 Å². The van der Waals surface area contributed by atoms with Crippen LogP contribution in [-0.4, -0.2) is 60.6 Å². The molecule has 2 heterocycles. The third-order valence-corrected chi connectivity index (χ3v) is 4.84. The van der Waals surface area contributed by atoms with Crippen LogP contribution in [0.3, 0.4) is 0 Å². The Hall–Kier alpha value is -0.120. The molecule has 2 atom stereocenters. The number of hydrogen-bond donors (Lipinski definition) is 1. The van der Waals surface area contributed by atoms with Crippen LogP contribution in [0.2, 0.25) is 0 Å². The van der Waals surface area contributed by atoms with Gasteiger partial charge in [-0.05, 0) is 39.3 Å². The highest BCUT2D eigenvalue weighted by Gasteiger charge is 2.35. The molecular weight excluding hydrogens is 222 g/mol. The lowest BCUT2D eigenvalue weighted by Gasteiger charge is -2.43. The van der Waals surface area contributed by atoms with Crippen molar-refractivity contribution >= 4 is 0 Å². The van der Waals surface area contributed by atoms with Crippen LogP contribution < -0.4 is 5.32 Å². The van der Waals surface area contributed by atoms with Gasteiger partial charge in [-0.25, -0.2) is 0 Å². The zero-order valence-corrected chi connectivity index (χ0v) is 12.5. The van der Waals surface area contributed by atoms with Gasteiger partial charge in [-0.1, -0.05) is 20.3 Å². The summed E-state index contributed by atoms with van der Waals surface area (Å²) in [6.07, 6.45) is 5.39. The van der Waals surface area contributed by atoms with Crippen LogP contribution in [0.5, 0.6) is 0 Å². The van der Waals surface area contributed by atoms with E-state index in [0.29, 0.717) is 5.54 Å². The van der Waals surface area contributed by atoms with Crippen molar-refractivity contribution in [2.24, 2.45) is 0 Å². The van der Waals surface area contributed by atoms with Crippen molar-refractivity contribution in [2.75, 3.05) is 39.3 Å². The molecule has 2 aliphatic heterocycles. The molecular formula is C15H31N3. The molecule has 0 radical (unpaired) electrons. The highest BCUT2D eigenvalue weighted by molar-refractivity contribution is 4.96. The molecule has 18 heavy (non-hydrogen) atoms. The SMILES string of the molecule is CCCC1(CN2CCN(CC)C(C)C2)CCCN1. The van der Waals surface area contributed by atoms with Gasteiger partial charge in [0.1, 0.15) is 0 Å². The molecule has 2 aliphatic rings. The van der Waals surface area contributed by atoms with Crippen LogP contribution in [0.1, 0.15) is 46.5 Å². The predicted octanol–water partition coefficient (Wildman–Crippen LogP) is 1.93. The number of piperazine rings is 1. The first-order valence-corrected chi connectivity index (χ1v) is 7.90. The van der Waals surface area contributed by atoms with Gasteiger partial charge in [-0.3, -0.25) is 9.80 Å². The summed E-state index contributed by atoms with van der Waals surface area (Å²) in [6.45, 7) is 14.4. The lowest BCUT2D eigenvalue weighted by molar-refractivity contribution is 0.0664. The molecule has 3 nitrogen and oxygen atoms in total. The summed E-state index contributed by atoms with van der Waals surface area (Å²) in [4.78, 5) is 5.30. The van der Waals surface area contributed by atoms with Gasteiger partial charge in [0, 0.05) is 37.8 Å². The summed E-state index contributed by atoms with van der Waals surface area (Å²) >= 11 is 0. The quantitative estimate of drug-likeness (QED) is 0.808. The second-order valence-corrected chi connectivity index (χ2v) is 6.27. The van der Waals surface area contributed by atoms with E-state index in [4.69, 9.17) is 0 Å². The van der Waals surface area contributed by atoms with Gasteiger partial charge in [0.05, 0.1) is 0 Å². The summed E-state index contributed by atoms with van der Waals surface area (Å²) < 4.78 is 0. The van der Waals surface area contributed by atoms with E-state index in [1.165, 1.54) is 65.0 Å².